The number of hydrogen-bond donors (Lipinski definition) is 1. The van der Waals surface area contributed by atoms with Crippen LogP contribution in [0.2, 0.25) is 0 Å². The number of nitrogens with zero attached hydrogens (tertiary/aromatic N) is 2. The van der Waals surface area contributed by atoms with Gasteiger partial charge in [0.1, 0.15) is 0 Å². The van der Waals surface area contributed by atoms with E-state index in [0.29, 0.717) is 11.3 Å². The Morgan fingerprint density at radius 3 is 2.80 bits per heavy atom. The molecule has 0 bridgehead atoms. The monoisotopic (exact) mass is 397 g/mol. The van der Waals surface area contributed by atoms with Crippen molar-refractivity contribution in [3.63, 3.8) is 0 Å². The second-order valence-electron chi connectivity index (χ2n) is 8.24. The van der Waals surface area contributed by atoms with Crippen molar-refractivity contribution in [3.05, 3.63) is 76.7 Å². The van der Waals surface area contributed by atoms with Crippen LogP contribution in [-0.4, -0.2) is 34.1 Å². The maximum atomic E-state index is 13.0. The topological polar surface area (TPSA) is 66.1 Å². The van der Waals surface area contributed by atoms with E-state index in [1.165, 1.54) is 6.42 Å². The number of carbonyl (C=O) groups is 1. The number of benzene rings is 3. The highest BCUT2D eigenvalue weighted by molar-refractivity contribution is 6.03. The number of amides is 1. The van der Waals surface area contributed by atoms with E-state index in [1.54, 1.807) is 6.20 Å². The second-order valence-corrected chi connectivity index (χ2v) is 8.24. The van der Waals surface area contributed by atoms with Crippen molar-refractivity contribution in [2.45, 2.75) is 19.8 Å². The lowest BCUT2D eigenvalue weighted by Gasteiger charge is -2.31. The summed E-state index contributed by atoms with van der Waals surface area (Å²) in [4.78, 5) is 26.9. The Balaban J connectivity index is 1.55. The van der Waals surface area contributed by atoms with Crippen molar-refractivity contribution in [1.82, 2.24) is 15.1 Å². The normalized spacial score (nSPS) is 16.8. The van der Waals surface area contributed by atoms with E-state index >= 15 is 0 Å². The molecule has 5 nitrogen and oxygen atoms in total. The summed E-state index contributed by atoms with van der Waals surface area (Å²) in [5.41, 5.74) is 2.64. The molecule has 0 spiro atoms. The summed E-state index contributed by atoms with van der Waals surface area (Å²) in [5, 5.41) is 9.92. The van der Waals surface area contributed by atoms with Gasteiger partial charge in [-0.25, -0.2) is 5.10 Å². The smallest absolute Gasteiger partial charge is 0.272 e. The Labute approximate surface area is 174 Å². The lowest BCUT2D eigenvalue weighted by atomic mass is 9.95. The van der Waals surface area contributed by atoms with Gasteiger partial charge in [0.15, 0.2) is 0 Å². The predicted octanol–water partition coefficient (Wildman–Crippen LogP) is 4.62. The lowest BCUT2D eigenvalue weighted by molar-refractivity contribution is 0.0683. The molecule has 1 fully saturated rings. The van der Waals surface area contributed by atoms with Gasteiger partial charge in [-0.2, -0.15) is 5.10 Å². The van der Waals surface area contributed by atoms with Gasteiger partial charge in [0.25, 0.3) is 11.5 Å². The van der Waals surface area contributed by atoms with Crippen LogP contribution in [0, 0.1) is 5.92 Å². The number of rotatable bonds is 2. The fourth-order valence-electron chi connectivity index (χ4n) is 4.49. The third-order valence-electron chi connectivity index (χ3n) is 6.05. The third-order valence-corrected chi connectivity index (χ3v) is 6.05. The minimum atomic E-state index is -0.188. The average molecular weight is 397 g/mol. The van der Waals surface area contributed by atoms with E-state index in [2.05, 4.69) is 23.2 Å². The molecule has 1 aliphatic heterocycles. The van der Waals surface area contributed by atoms with Crippen LogP contribution in [0.1, 0.15) is 30.1 Å². The molecule has 5 heteroatoms. The summed E-state index contributed by atoms with van der Waals surface area (Å²) in [5.74, 6) is 0.675. The largest absolute Gasteiger partial charge is 0.338 e. The van der Waals surface area contributed by atoms with E-state index < -0.39 is 0 Å². The minimum absolute atomic E-state index is 0.116. The van der Waals surface area contributed by atoms with Crippen LogP contribution < -0.4 is 5.56 Å². The third kappa shape index (κ3) is 3.26. The van der Waals surface area contributed by atoms with Crippen LogP contribution in [0.15, 0.2) is 65.6 Å². The van der Waals surface area contributed by atoms with Gasteiger partial charge in [-0.15, -0.1) is 0 Å². The van der Waals surface area contributed by atoms with Crippen molar-refractivity contribution >= 4 is 27.5 Å². The zero-order chi connectivity index (χ0) is 20.7. The van der Waals surface area contributed by atoms with E-state index in [-0.39, 0.29) is 11.5 Å². The molecule has 5 rings (SSSR count). The molecule has 3 aromatic carbocycles. The van der Waals surface area contributed by atoms with Crippen LogP contribution in [0.5, 0.6) is 0 Å². The van der Waals surface area contributed by atoms with E-state index in [9.17, 15) is 9.59 Å². The highest BCUT2D eigenvalue weighted by atomic mass is 16.2. The minimum Gasteiger partial charge on any atom is -0.338 e. The number of likely N-dealkylation sites (tertiary alicyclic amines) is 1. The summed E-state index contributed by atoms with van der Waals surface area (Å²) in [6, 6.07) is 17.9. The molecule has 4 aromatic rings. The molecule has 1 saturated heterocycles. The number of H-pyrrole nitrogens is 1. The molecule has 0 saturated carbocycles. The Morgan fingerprint density at radius 2 is 1.93 bits per heavy atom. The fraction of sp³-hybridized carbons (Fsp3) is 0.240. The molecule has 1 amide bonds. The zero-order valence-corrected chi connectivity index (χ0v) is 16.9. The van der Waals surface area contributed by atoms with Crippen molar-refractivity contribution in [2.75, 3.05) is 13.1 Å². The number of carbonyl (C=O) groups excluding carboxylic acids is 1. The zero-order valence-electron chi connectivity index (χ0n) is 16.9. The molecule has 30 heavy (non-hydrogen) atoms. The van der Waals surface area contributed by atoms with Crippen molar-refractivity contribution in [1.29, 1.82) is 0 Å². The van der Waals surface area contributed by atoms with Gasteiger partial charge in [0, 0.05) is 24.0 Å². The molecule has 0 aliphatic carbocycles. The van der Waals surface area contributed by atoms with Gasteiger partial charge in [-0.1, -0.05) is 37.3 Å². The van der Waals surface area contributed by atoms with Gasteiger partial charge >= 0.3 is 0 Å². The number of piperidine rings is 1. The summed E-state index contributed by atoms with van der Waals surface area (Å²) in [7, 11) is 0. The van der Waals surface area contributed by atoms with E-state index in [4.69, 9.17) is 0 Å². The molecule has 1 N–H and O–H groups in total. The van der Waals surface area contributed by atoms with Gasteiger partial charge in [-0.05, 0) is 64.9 Å². The molecule has 2 heterocycles. The first-order valence-corrected chi connectivity index (χ1v) is 10.4. The standard InChI is InChI=1S/C25H23N3O2/c1-16-4-3-11-28(15-16)25(30)19-8-9-22-17(12-19)5-2-6-21(22)18-7-10-23-20(13-18)14-26-27-24(23)29/h2,5-10,12-14,16H,3-4,11,15H2,1H3,(H,27,29)/t16-/m0/s1. The predicted molar refractivity (Wildman–Crippen MR) is 120 cm³/mol. The van der Waals surface area contributed by atoms with Crippen LogP contribution in [-0.2, 0) is 0 Å². The molecule has 0 radical (unpaired) electrons. The number of fused-ring (bicyclic) bond motifs is 2. The Morgan fingerprint density at radius 1 is 1.07 bits per heavy atom. The number of nitrogens with one attached hydrogen (secondary N) is 1. The van der Waals surface area contributed by atoms with Crippen LogP contribution in [0.25, 0.3) is 32.7 Å². The highest BCUT2D eigenvalue weighted by Crippen LogP contribution is 2.31. The van der Waals surface area contributed by atoms with Gasteiger partial charge in [0.05, 0.1) is 11.6 Å². The Kier molecular flexibility index (Phi) is 4.58. The molecule has 1 aromatic heterocycles. The Bertz CT molecular complexity index is 1330. The number of aromatic nitrogens is 2. The van der Waals surface area contributed by atoms with Gasteiger partial charge in [0.2, 0.25) is 0 Å². The van der Waals surface area contributed by atoms with Crippen molar-refractivity contribution in [2.24, 2.45) is 5.92 Å². The quantitative estimate of drug-likeness (QED) is 0.537. The molecule has 0 unspecified atom stereocenters. The first-order chi connectivity index (χ1) is 14.6. The molecular weight excluding hydrogens is 374 g/mol. The highest BCUT2D eigenvalue weighted by Gasteiger charge is 2.22. The van der Waals surface area contributed by atoms with Crippen LogP contribution >= 0.6 is 0 Å². The summed E-state index contributed by atoms with van der Waals surface area (Å²) in [6.45, 7) is 3.88. The van der Waals surface area contributed by atoms with Crippen molar-refractivity contribution < 1.29 is 4.79 Å². The maximum absolute atomic E-state index is 13.0. The molecule has 150 valence electrons. The SMILES string of the molecule is C[C@H]1CCCN(C(=O)c2ccc3c(-c4ccc5c(=O)[nH]ncc5c4)cccc3c2)C1. The molecule has 1 atom stereocenters. The van der Waals surface area contributed by atoms with Gasteiger partial charge < -0.3 is 4.90 Å². The first-order valence-electron chi connectivity index (χ1n) is 10.4. The summed E-state index contributed by atoms with van der Waals surface area (Å²) < 4.78 is 0. The van der Waals surface area contributed by atoms with Gasteiger partial charge in [-0.3, -0.25) is 9.59 Å². The molecule has 1 aliphatic rings. The maximum Gasteiger partial charge on any atom is 0.272 e. The summed E-state index contributed by atoms with van der Waals surface area (Å²) >= 11 is 0. The first kappa shape index (κ1) is 18.6. The fourth-order valence-corrected chi connectivity index (χ4v) is 4.49. The molecular formula is C25H23N3O2. The van der Waals surface area contributed by atoms with Crippen LogP contribution in [0.4, 0.5) is 0 Å². The van der Waals surface area contributed by atoms with Crippen LogP contribution in [0.3, 0.4) is 0 Å². The second kappa shape index (κ2) is 7.41. The number of aromatic amines is 1. The lowest BCUT2D eigenvalue weighted by Crippen LogP contribution is -2.39. The Hall–Kier alpha value is -3.47. The van der Waals surface area contributed by atoms with E-state index in [1.807, 2.05) is 53.4 Å². The average Bonchev–Trinajstić information content (AvgIpc) is 2.78. The number of hydrogen-bond acceptors (Lipinski definition) is 3. The van der Waals surface area contributed by atoms with E-state index in [0.717, 1.165) is 52.4 Å². The summed E-state index contributed by atoms with van der Waals surface area (Å²) in [6.07, 6.45) is 3.93. The van der Waals surface area contributed by atoms with Crippen molar-refractivity contribution in [3.8, 4) is 11.1 Å².